The molecule has 1 unspecified atom stereocenters. The molecule has 1 N–H and O–H groups in total. The van der Waals surface area contributed by atoms with Crippen molar-refractivity contribution in [1.29, 1.82) is 0 Å². The van der Waals surface area contributed by atoms with E-state index in [0.29, 0.717) is 5.69 Å². The zero-order valence-corrected chi connectivity index (χ0v) is 17.1. The molecule has 1 fully saturated rings. The predicted octanol–water partition coefficient (Wildman–Crippen LogP) is 3.35. The standard InChI is InChI=1S/C20H25N5OS/c1-12-7-8-13(2)18-17(12)22-20(27-18)25-9-5-6-15(11-25)21-19(26)16-10-14(3)24(4)23-16/h7-8,10,15H,5-6,9,11H2,1-4H3,(H,21,26). The van der Waals surface area contributed by atoms with Gasteiger partial charge >= 0.3 is 0 Å². The second-order valence-electron chi connectivity index (χ2n) is 7.43. The van der Waals surface area contributed by atoms with Gasteiger partial charge in [-0.15, -0.1) is 0 Å². The molecule has 0 radical (unpaired) electrons. The number of nitrogens with zero attached hydrogens (tertiary/aromatic N) is 4. The number of thiazole rings is 1. The SMILES string of the molecule is Cc1ccc(C)c2sc(N3CCCC(NC(=O)c4cc(C)n(C)n4)C3)nc12. The zero-order valence-electron chi connectivity index (χ0n) is 16.2. The first-order valence-electron chi connectivity index (χ1n) is 9.35. The highest BCUT2D eigenvalue weighted by Crippen LogP contribution is 2.34. The van der Waals surface area contributed by atoms with Crippen LogP contribution in [0.4, 0.5) is 5.13 Å². The van der Waals surface area contributed by atoms with Gasteiger partial charge < -0.3 is 10.2 Å². The van der Waals surface area contributed by atoms with E-state index in [-0.39, 0.29) is 11.9 Å². The first kappa shape index (κ1) is 18.0. The fraction of sp³-hybridized carbons (Fsp3) is 0.450. The van der Waals surface area contributed by atoms with Gasteiger partial charge in [0.25, 0.3) is 5.91 Å². The lowest BCUT2D eigenvalue weighted by molar-refractivity contribution is 0.0927. The van der Waals surface area contributed by atoms with Gasteiger partial charge in [-0.05, 0) is 50.8 Å². The first-order valence-corrected chi connectivity index (χ1v) is 10.2. The average molecular weight is 384 g/mol. The third-order valence-electron chi connectivity index (χ3n) is 5.30. The number of rotatable bonds is 3. The quantitative estimate of drug-likeness (QED) is 0.753. The van der Waals surface area contributed by atoms with Crippen LogP contribution in [0.5, 0.6) is 0 Å². The van der Waals surface area contributed by atoms with Crippen LogP contribution in [0.1, 0.15) is 40.2 Å². The minimum atomic E-state index is -0.0958. The number of hydrogen-bond acceptors (Lipinski definition) is 5. The molecule has 6 nitrogen and oxygen atoms in total. The highest BCUT2D eigenvalue weighted by molar-refractivity contribution is 7.22. The predicted molar refractivity (Wildman–Crippen MR) is 110 cm³/mol. The number of anilines is 1. The molecule has 1 aliphatic rings. The maximum atomic E-state index is 12.5. The van der Waals surface area contributed by atoms with Gasteiger partial charge in [-0.3, -0.25) is 9.48 Å². The van der Waals surface area contributed by atoms with E-state index < -0.39 is 0 Å². The molecule has 142 valence electrons. The van der Waals surface area contributed by atoms with Crippen molar-refractivity contribution in [3.63, 3.8) is 0 Å². The van der Waals surface area contributed by atoms with Gasteiger partial charge in [0.15, 0.2) is 5.13 Å². The number of carbonyl (C=O) groups is 1. The second-order valence-corrected chi connectivity index (χ2v) is 8.40. The molecule has 0 saturated carbocycles. The molecule has 27 heavy (non-hydrogen) atoms. The summed E-state index contributed by atoms with van der Waals surface area (Å²) in [5, 5.41) is 8.49. The lowest BCUT2D eigenvalue weighted by Gasteiger charge is -2.32. The zero-order chi connectivity index (χ0) is 19.1. The number of piperidine rings is 1. The molecule has 4 rings (SSSR count). The summed E-state index contributed by atoms with van der Waals surface area (Å²) in [4.78, 5) is 19.7. The fourth-order valence-corrected chi connectivity index (χ4v) is 4.73. The molecule has 1 aliphatic heterocycles. The maximum Gasteiger partial charge on any atom is 0.272 e. The third-order valence-corrected chi connectivity index (χ3v) is 6.56. The molecule has 1 saturated heterocycles. The van der Waals surface area contributed by atoms with E-state index in [1.54, 1.807) is 16.0 Å². The van der Waals surface area contributed by atoms with E-state index in [0.717, 1.165) is 42.3 Å². The van der Waals surface area contributed by atoms with Gasteiger partial charge in [-0.2, -0.15) is 5.10 Å². The van der Waals surface area contributed by atoms with Crippen molar-refractivity contribution in [2.24, 2.45) is 7.05 Å². The van der Waals surface area contributed by atoms with Crippen molar-refractivity contribution in [3.8, 4) is 0 Å². The lowest BCUT2D eigenvalue weighted by Crippen LogP contribution is -2.47. The normalized spacial score (nSPS) is 17.5. The number of fused-ring (bicyclic) bond motifs is 1. The Morgan fingerprint density at radius 1 is 1.26 bits per heavy atom. The van der Waals surface area contributed by atoms with Crippen LogP contribution in [0, 0.1) is 20.8 Å². The van der Waals surface area contributed by atoms with E-state index in [4.69, 9.17) is 4.98 Å². The Morgan fingerprint density at radius 2 is 2.04 bits per heavy atom. The summed E-state index contributed by atoms with van der Waals surface area (Å²) in [6.07, 6.45) is 2.02. The van der Waals surface area contributed by atoms with Crippen molar-refractivity contribution in [1.82, 2.24) is 20.1 Å². The summed E-state index contributed by atoms with van der Waals surface area (Å²) in [5.41, 5.74) is 5.05. The Hall–Kier alpha value is -2.41. The summed E-state index contributed by atoms with van der Waals surface area (Å²) in [6, 6.07) is 6.24. The molecule has 0 spiro atoms. The van der Waals surface area contributed by atoms with Gasteiger partial charge in [0.05, 0.1) is 10.2 Å². The summed E-state index contributed by atoms with van der Waals surface area (Å²) in [5.74, 6) is -0.0958. The molecule has 3 aromatic rings. The highest BCUT2D eigenvalue weighted by atomic mass is 32.1. The summed E-state index contributed by atoms with van der Waals surface area (Å²) >= 11 is 1.75. The van der Waals surface area contributed by atoms with Crippen LogP contribution in [-0.4, -0.2) is 39.8 Å². The number of benzene rings is 1. The Bertz CT molecular complexity index is 947. The smallest absolute Gasteiger partial charge is 0.272 e. The van der Waals surface area contributed by atoms with Crippen molar-refractivity contribution in [2.75, 3.05) is 18.0 Å². The molecule has 0 bridgehead atoms. The first-order chi connectivity index (χ1) is 12.9. The lowest BCUT2D eigenvalue weighted by atomic mass is 10.1. The third kappa shape index (κ3) is 3.43. The molecule has 1 aromatic carbocycles. The largest absolute Gasteiger partial charge is 0.346 e. The molecule has 1 atom stereocenters. The minimum Gasteiger partial charge on any atom is -0.346 e. The van der Waals surface area contributed by atoms with Gasteiger partial charge in [-0.25, -0.2) is 4.98 Å². The molecule has 1 amide bonds. The fourth-order valence-electron chi connectivity index (χ4n) is 3.58. The molecule has 2 aromatic heterocycles. The van der Waals surface area contributed by atoms with Gasteiger partial charge in [0, 0.05) is 31.9 Å². The van der Waals surface area contributed by atoms with Gasteiger partial charge in [0.1, 0.15) is 5.69 Å². The van der Waals surface area contributed by atoms with Crippen molar-refractivity contribution >= 4 is 32.6 Å². The molecule has 3 heterocycles. The van der Waals surface area contributed by atoms with Crippen LogP contribution in [0.25, 0.3) is 10.2 Å². The van der Waals surface area contributed by atoms with E-state index >= 15 is 0 Å². The second kappa shape index (κ2) is 6.96. The number of hydrogen-bond donors (Lipinski definition) is 1. The summed E-state index contributed by atoms with van der Waals surface area (Å²) < 4.78 is 2.99. The van der Waals surface area contributed by atoms with E-state index in [2.05, 4.69) is 41.3 Å². The van der Waals surface area contributed by atoms with Crippen molar-refractivity contribution in [2.45, 2.75) is 39.7 Å². The Kier molecular flexibility index (Phi) is 4.63. The number of aromatic nitrogens is 3. The monoisotopic (exact) mass is 383 g/mol. The van der Waals surface area contributed by atoms with Gasteiger partial charge in [-0.1, -0.05) is 23.5 Å². The highest BCUT2D eigenvalue weighted by Gasteiger charge is 2.25. The van der Waals surface area contributed by atoms with Crippen LogP contribution in [0.3, 0.4) is 0 Å². The van der Waals surface area contributed by atoms with Gasteiger partial charge in [0.2, 0.25) is 0 Å². The van der Waals surface area contributed by atoms with Crippen LogP contribution in [-0.2, 0) is 7.05 Å². The molecule has 7 heteroatoms. The van der Waals surface area contributed by atoms with Crippen molar-refractivity contribution in [3.05, 3.63) is 40.7 Å². The van der Waals surface area contributed by atoms with Crippen LogP contribution < -0.4 is 10.2 Å². The summed E-state index contributed by atoms with van der Waals surface area (Å²) in [7, 11) is 1.85. The Balaban J connectivity index is 1.50. The molecular formula is C20H25N5OS. The topological polar surface area (TPSA) is 63.1 Å². The van der Waals surface area contributed by atoms with Crippen LogP contribution in [0.15, 0.2) is 18.2 Å². The van der Waals surface area contributed by atoms with Crippen LogP contribution >= 0.6 is 11.3 Å². The number of carbonyl (C=O) groups excluding carboxylic acids is 1. The number of nitrogens with one attached hydrogen (secondary N) is 1. The molecular weight excluding hydrogens is 358 g/mol. The van der Waals surface area contributed by atoms with E-state index in [9.17, 15) is 4.79 Å². The maximum absolute atomic E-state index is 12.5. The van der Waals surface area contributed by atoms with Crippen molar-refractivity contribution < 1.29 is 4.79 Å². The summed E-state index contributed by atoms with van der Waals surface area (Å²) in [6.45, 7) is 7.96. The Labute approximate surface area is 163 Å². The number of amides is 1. The van der Waals surface area contributed by atoms with E-state index in [1.165, 1.54) is 15.8 Å². The van der Waals surface area contributed by atoms with Crippen LogP contribution in [0.2, 0.25) is 0 Å². The minimum absolute atomic E-state index is 0.0958. The molecule has 0 aliphatic carbocycles. The Morgan fingerprint density at radius 3 is 2.74 bits per heavy atom. The number of aryl methyl sites for hydroxylation is 4. The van der Waals surface area contributed by atoms with E-state index in [1.807, 2.05) is 20.0 Å². The average Bonchev–Trinajstić information content (AvgIpc) is 3.24.